The molecule has 1 amide bonds. The number of carbonyl (C=O) groups is 1. The topological polar surface area (TPSA) is 74.7 Å². The average molecular weight is 355 g/mol. The maximum absolute atomic E-state index is 12.5. The van der Waals surface area contributed by atoms with Crippen LogP contribution in [0.5, 0.6) is 5.75 Å². The number of carbonyl (C=O) groups excluding carboxylic acids is 1. The monoisotopic (exact) mass is 355 g/mol. The van der Waals surface area contributed by atoms with Crippen molar-refractivity contribution >= 4 is 11.7 Å². The molecule has 2 heterocycles. The molecule has 138 valence electrons. The molecule has 2 N–H and O–H groups in total. The first kappa shape index (κ1) is 18.2. The van der Waals surface area contributed by atoms with E-state index in [0.717, 1.165) is 42.1 Å². The van der Waals surface area contributed by atoms with Crippen LogP contribution in [0.1, 0.15) is 34.3 Å². The number of hydrogen-bond donors (Lipinski definition) is 2. The van der Waals surface area contributed by atoms with Gasteiger partial charge in [0, 0.05) is 37.0 Å². The van der Waals surface area contributed by atoms with Gasteiger partial charge in [-0.15, -0.1) is 0 Å². The first-order chi connectivity index (χ1) is 12.6. The number of nitrogens with zero attached hydrogens (tertiary/aromatic N) is 2. The summed E-state index contributed by atoms with van der Waals surface area (Å²) in [5, 5.41) is 12.9. The van der Waals surface area contributed by atoms with Crippen molar-refractivity contribution in [3.8, 4) is 5.75 Å². The van der Waals surface area contributed by atoms with Crippen molar-refractivity contribution in [2.75, 3.05) is 25.1 Å². The Morgan fingerprint density at radius 3 is 3.00 bits per heavy atom. The summed E-state index contributed by atoms with van der Waals surface area (Å²) in [4.78, 5) is 19.0. The van der Waals surface area contributed by atoms with E-state index >= 15 is 0 Å². The SMILES string of the molecule is COc1ccc(C(=O)NCc2cccnc2N2CCCC(O)C2)cc1C. The van der Waals surface area contributed by atoms with Gasteiger partial charge in [0.1, 0.15) is 11.6 Å². The second-order valence-electron chi connectivity index (χ2n) is 6.60. The highest BCUT2D eigenvalue weighted by Crippen LogP contribution is 2.22. The maximum atomic E-state index is 12.5. The van der Waals surface area contributed by atoms with Gasteiger partial charge in [0.2, 0.25) is 0 Å². The predicted octanol–water partition coefficient (Wildman–Crippen LogP) is 2.29. The molecule has 26 heavy (non-hydrogen) atoms. The van der Waals surface area contributed by atoms with E-state index in [-0.39, 0.29) is 12.0 Å². The minimum absolute atomic E-state index is 0.135. The van der Waals surface area contributed by atoms with E-state index in [0.29, 0.717) is 18.7 Å². The van der Waals surface area contributed by atoms with Crippen LogP contribution in [-0.2, 0) is 6.54 Å². The summed E-state index contributed by atoms with van der Waals surface area (Å²) < 4.78 is 5.23. The maximum Gasteiger partial charge on any atom is 0.251 e. The minimum Gasteiger partial charge on any atom is -0.496 e. The number of aliphatic hydroxyl groups excluding tert-OH is 1. The molecule has 1 aromatic heterocycles. The number of ether oxygens (including phenoxy) is 1. The number of hydrogen-bond acceptors (Lipinski definition) is 5. The van der Waals surface area contributed by atoms with Crippen LogP contribution in [0.2, 0.25) is 0 Å². The first-order valence-corrected chi connectivity index (χ1v) is 8.88. The fourth-order valence-corrected chi connectivity index (χ4v) is 3.30. The number of nitrogens with one attached hydrogen (secondary N) is 1. The van der Waals surface area contributed by atoms with Crippen LogP contribution in [0.3, 0.4) is 0 Å². The van der Waals surface area contributed by atoms with Crippen LogP contribution >= 0.6 is 0 Å². The van der Waals surface area contributed by atoms with Gasteiger partial charge >= 0.3 is 0 Å². The number of anilines is 1. The highest BCUT2D eigenvalue weighted by atomic mass is 16.5. The molecule has 0 bridgehead atoms. The van der Waals surface area contributed by atoms with E-state index < -0.39 is 0 Å². The van der Waals surface area contributed by atoms with Gasteiger partial charge in [0.15, 0.2) is 0 Å². The zero-order chi connectivity index (χ0) is 18.5. The Kier molecular flexibility index (Phi) is 5.73. The largest absolute Gasteiger partial charge is 0.496 e. The van der Waals surface area contributed by atoms with Crippen LogP contribution in [0.4, 0.5) is 5.82 Å². The molecule has 1 atom stereocenters. The molecule has 1 saturated heterocycles. The van der Waals surface area contributed by atoms with Crippen molar-refractivity contribution in [3.05, 3.63) is 53.2 Å². The Balaban J connectivity index is 1.70. The van der Waals surface area contributed by atoms with E-state index in [9.17, 15) is 9.90 Å². The molecule has 0 spiro atoms. The second-order valence-corrected chi connectivity index (χ2v) is 6.60. The Labute approximate surface area is 153 Å². The summed E-state index contributed by atoms with van der Waals surface area (Å²) in [6.07, 6.45) is 3.19. The number of methoxy groups -OCH3 is 1. The average Bonchev–Trinajstić information content (AvgIpc) is 2.66. The van der Waals surface area contributed by atoms with E-state index in [4.69, 9.17) is 4.74 Å². The van der Waals surface area contributed by atoms with Gasteiger partial charge in [-0.1, -0.05) is 6.07 Å². The number of β-amino-alcohol motifs (C(OH)–C–C–N with tert-alkyl or cyclic N) is 1. The van der Waals surface area contributed by atoms with Gasteiger partial charge < -0.3 is 20.1 Å². The molecule has 0 radical (unpaired) electrons. The Morgan fingerprint density at radius 1 is 1.42 bits per heavy atom. The van der Waals surface area contributed by atoms with Crippen molar-refractivity contribution in [2.24, 2.45) is 0 Å². The number of aliphatic hydroxyl groups is 1. The Bertz CT molecular complexity index is 779. The quantitative estimate of drug-likeness (QED) is 0.861. The summed E-state index contributed by atoms with van der Waals surface area (Å²) in [6.45, 7) is 3.75. The van der Waals surface area contributed by atoms with Crippen LogP contribution in [0.25, 0.3) is 0 Å². The standard InChI is InChI=1S/C20H25N3O3/c1-14-11-15(7-8-18(14)26-2)20(25)22-12-16-5-3-9-21-19(16)23-10-4-6-17(24)13-23/h3,5,7-9,11,17,24H,4,6,10,12-13H2,1-2H3,(H,22,25). The van der Waals surface area contributed by atoms with Crippen molar-refractivity contribution in [1.82, 2.24) is 10.3 Å². The molecule has 1 aliphatic heterocycles. The molecule has 3 rings (SSSR count). The lowest BCUT2D eigenvalue weighted by Crippen LogP contribution is -2.39. The summed E-state index contributed by atoms with van der Waals surface area (Å²) in [5.41, 5.74) is 2.46. The summed E-state index contributed by atoms with van der Waals surface area (Å²) in [6, 6.07) is 9.20. The lowest BCUT2D eigenvalue weighted by molar-refractivity contribution is 0.0950. The van der Waals surface area contributed by atoms with Gasteiger partial charge in [-0.2, -0.15) is 0 Å². The minimum atomic E-state index is -0.324. The van der Waals surface area contributed by atoms with Crippen LogP contribution in [-0.4, -0.2) is 42.3 Å². The lowest BCUT2D eigenvalue weighted by atomic mass is 10.1. The van der Waals surface area contributed by atoms with E-state index in [1.807, 2.05) is 25.1 Å². The molecule has 2 aromatic rings. The number of piperidine rings is 1. The normalized spacial score (nSPS) is 17.0. The molecule has 1 aliphatic rings. The number of aromatic nitrogens is 1. The molecular weight excluding hydrogens is 330 g/mol. The van der Waals surface area contributed by atoms with E-state index in [2.05, 4.69) is 15.2 Å². The van der Waals surface area contributed by atoms with Gasteiger partial charge in [-0.3, -0.25) is 4.79 Å². The zero-order valence-electron chi connectivity index (χ0n) is 15.2. The van der Waals surface area contributed by atoms with Crippen molar-refractivity contribution < 1.29 is 14.6 Å². The smallest absolute Gasteiger partial charge is 0.251 e. The zero-order valence-corrected chi connectivity index (χ0v) is 15.2. The van der Waals surface area contributed by atoms with Gasteiger partial charge in [0.25, 0.3) is 5.91 Å². The number of amides is 1. The number of rotatable bonds is 5. The summed E-state index contributed by atoms with van der Waals surface area (Å²) in [5.74, 6) is 1.46. The fourth-order valence-electron chi connectivity index (χ4n) is 3.30. The van der Waals surface area contributed by atoms with Crippen LogP contribution < -0.4 is 15.0 Å². The molecule has 1 unspecified atom stereocenters. The van der Waals surface area contributed by atoms with Crippen molar-refractivity contribution in [2.45, 2.75) is 32.4 Å². The van der Waals surface area contributed by atoms with Gasteiger partial charge in [-0.25, -0.2) is 4.98 Å². The Morgan fingerprint density at radius 2 is 2.27 bits per heavy atom. The highest BCUT2D eigenvalue weighted by molar-refractivity contribution is 5.94. The lowest BCUT2D eigenvalue weighted by Gasteiger charge is -2.32. The fraction of sp³-hybridized carbons (Fsp3) is 0.400. The van der Waals surface area contributed by atoms with E-state index in [1.165, 1.54) is 0 Å². The molecule has 0 aliphatic carbocycles. The first-order valence-electron chi connectivity index (χ1n) is 8.88. The third kappa shape index (κ3) is 4.14. The van der Waals surface area contributed by atoms with Crippen LogP contribution in [0.15, 0.2) is 36.5 Å². The molecule has 1 fully saturated rings. The van der Waals surface area contributed by atoms with Crippen molar-refractivity contribution in [1.29, 1.82) is 0 Å². The van der Waals surface area contributed by atoms with Gasteiger partial charge in [0.05, 0.1) is 13.2 Å². The van der Waals surface area contributed by atoms with E-state index in [1.54, 1.807) is 25.4 Å². The molecular formula is C20H25N3O3. The van der Waals surface area contributed by atoms with Crippen LogP contribution in [0, 0.1) is 6.92 Å². The molecule has 1 aromatic carbocycles. The number of aryl methyl sites for hydroxylation is 1. The Hall–Kier alpha value is -2.60. The summed E-state index contributed by atoms with van der Waals surface area (Å²) in [7, 11) is 1.61. The third-order valence-corrected chi connectivity index (χ3v) is 4.66. The van der Waals surface area contributed by atoms with Crippen molar-refractivity contribution in [3.63, 3.8) is 0 Å². The number of pyridine rings is 1. The second kappa shape index (κ2) is 8.19. The number of benzene rings is 1. The molecule has 6 heteroatoms. The van der Waals surface area contributed by atoms with Gasteiger partial charge in [-0.05, 0) is 49.6 Å². The third-order valence-electron chi connectivity index (χ3n) is 4.66. The summed E-state index contributed by atoms with van der Waals surface area (Å²) >= 11 is 0. The highest BCUT2D eigenvalue weighted by Gasteiger charge is 2.21. The predicted molar refractivity (Wildman–Crippen MR) is 101 cm³/mol. The molecule has 0 saturated carbocycles. The molecule has 6 nitrogen and oxygen atoms in total.